The number of anilines is 1. The molecule has 1 heterocycles. The number of hydrogen-bond donors (Lipinski definition) is 1. The SMILES string of the molecule is CN(C)C1CCCN(C(=O)CCc2ccccc2N)C1. The fourth-order valence-corrected chi connectivity index (χ4v) is 2.76. The van der Waals surface area contributed by atoms with E-state index in [1.165, 1.54) is 6.42 Å². The molecule has 1 amide bonds. The van der Waals surface area contributed by atoms with E-state index in [-0.39, 0.29) is 5.91 Å². The van der Waals surface area contributed by atoms with Crippen molar-refractivity contribution >= 4 is 11.6 Å². The van der Waals surface area contributed by atoms with Gasteiger partial charge < -0.3 is 15.5 Å². The number of carbonyl (C=O) groups excluding carboxylic acids is 1. The summed E-state index contributed by atoms with van der Waals surface area (Å²) in [6.45, 7) is 1.75. The van der Waals surface area contributed by atoms with Crippen LogP contribution in [0.3, 0.4) is 0 Å². The monoisotopic (exact) mass is 275 g/mol. The van der Waals surface area contributed by atoms with E-state index >= 15 is 0 Å². The van der Waals surface area contributed by atoms with Crippen molar-refractivity contribution in [2.75, 3.05) is 32.9 Å². The third-order valence-electron chi connectivity index (χ3n) is 4.14. The Kier molecular flexibility index (Phi) is 5.01. The molecular weight excluding hydrogens is 250 g/mol. The van der Waals surface area contributed by atoms with Crippen LogP contribution in [0.4, 0.5) is 5.69 Å². The van der Waals surface area contributed by atoms with Crippen molar-refractivity contribution in [2.24, 2.45) is 0 Å². The summed E-state index contributed by atoms with van der Waals surface area (Å²) in [5.74, 6) is 0.250. The average molecular weight is 275 g/mol. The molecule has 0 bridgehead atoms. The molecule has 4 heteroatoms. The quantitative estimate of drug-likeness (QED) is 0.852. The predicted molar refractivity (Wildman–Crippen MR) is 82.5 cm³/mol. The normalized spacial score (nSPS) is 19.4. The molecule has 0 aromatic heterocycles. The highest BCUT2D eigenvalue weighted by Crippen LogP contribution is 2.17. The van der Waals surface area contributed by atoms with Crippen molar-refractivity contribution in [1.82, 2.24) is 9.80 Å². The number of rotatable bonds is 4. The molecule has 110 valence electrons. The Morgan fingerprint density at radius 3 is 2.85 bits per heavy atom. The van der Waals surface area contributed by atoms with Gasteiger partial charge in [-0.05, 0) is 45.0 Å². The highest BCUT2D eigenvalue weighted by molar-refractivity contribution is 5.76. The van der Waals surface area contributed by atoms with Crippen molar-refractivity contribution in [3.05, 3.63) is 29.8 Å². The van der Waals surface area contributed by atoms with Crippen LogP contribution in [0.25, 0.3) is 0 Å². The van der Waals surface area contributed by atoms with E-state index < -0.39 is 0 Å². The van der Waals surface area contributed by atoms with Crippen molar-refractivity contribution in [3.63, 3.8) is 0 Å². The molecule has 1 unspecified atom stereocenters. The second kappa shape index (κ2) is 6.75. The minimum absolute atomic E-state index is 0.250. The summed E-state index contributed by atoms with van der Waals surface area (Å²) in [7, 11) is 4.17. The van der Waals surface area contributed by atoms with Gasteiger partial charge in [0.15, 0.2) is 0 Å². The summed E-state index contributed by atoms with van der Waals surface area (Å²) in [6, 6.07) is 8.28. The van der Waals surface area contributed by atoms with Gasteiger partial charge in [0.1, 0.15) is 0 Å². The summed E-state index contributed by atoms with van der Waals surface area (Å²) >= 11 is 0. The van der Waals surface area contributed by atoms with E-state index in [1.807, 2.05) is 29.2 Å². The Bertz CT molecular complexity index is 459. The number of aryl methyl sites for hydroxylation is 1. The minimum Gasteiger partial charge on any atom is -0.399 e. The smallest absolute Gasteiger partial charge is 0.222 e. The van der Waals surface area contributed by atoms with Crippen LogP contribution in [0.2, 0.25) is 0 Å². The molecule has 1 atom stereocenters. The second-order valence-corrected chi connectivity index (χ2v) is 5.80. The molecule has 1 saturated heterocycles. The van der Waals surface area contributed by atoms with Crippen LogP contribution in [0.1, 0.15) is 24.8 Å². The first kappa shape index (κ1) is 14.9. The molecule has 1 aromatic carbocycles. The van der Waals surface area contributed by atoms with Crippen LogP contribution in [0, 0.1) is 0 Å². The van der Waals surface area contributed by atoms with Crippen molar-refractivity contribution in [2.45, 2.75) is 31.7 Å². The number of nitrogens with two attached hydrogens (primary N) is 1. The topological polar surface area (TPSA) is 49.6 Å². The second-order valence-electron chi connectivity index (χ2n) is 5.80. The maximum Gasteiger partial charge on any atom is 0.222 e. The van der Waals surface area contributed by atoms with E-state index in [0.717, 1.165) is 37.2 Å². The van der Waals surface area contributed by atoms with Gasteiger partial charge in [0.25, 0.3) is 0 Å². The highest BCUT2D eigenvalue weighted by Gasteiger charge is 2.24. The molecule has 1 fully saturated rings. The minimum atomic E-state index is 0.250. The van der Waals surface area contributed by atoms with Crippen molar-refractivity contribution in [1.29, 1.82) is 0 Å². The number of hydrogen-bond acceptors (Lipinski definition) is 3. The van der Waals surface area contributed by atoms with Gasteiger partial charge in [0.2, 0.25) is 5.91 Å². The van der Waals surface area contributed by atoms with Gasteiger partial charge in [-0.3, -0.25) is 4.79 Å². The van der Waals surface area contributed by atoms with Crippen LogP contribution in [-0.4, -0.2) is 48.9 Å². The van der Waals surface area contributed by atoms with Crippen LogP contribution < -0.4 is 5.73 Å². The Hall–Kier alpha value is -1.55. The molecule has 2 rings (SSSR count). The molecule has 1 aliphatic rings. The van der Waals surface area contributed by atoms with Gasteiger partial charge in [-0.15, -0.1) is 0 Å². The van der Waals surface area contributed by atoms with Crippen molar-refractivity contribution < 1.29 is 4.79 Å². The van der Waals surface area contributed by atoms with Crippen LogP contribution in [0.15, 0.2) is 24.3 Å². The third-order valence-corrected chi connectivity index (χ3v) is 4.14. The molecule has 1 aliphatic heterocycles. The summed E-state index contributed by atoms with van der Waals surface area (Å²) in [5.41, 5.74) is 7.77. The number of likely N-dealkylation sites (tertiary alicyclic amines) is 1. The molecular formula is C16H25N3O. The average Bonchev–Trinajstić information content (AvgIpc) is 2.46. The Morgan fingerprint density at radius 2 is 2.15 bits per heavy atom. The van der Waals surface area contributed by atoms with E-state index in [2.05, 4.69) is 19.0 Å². The fraction of sp³-hybridized carbons (Fsp3) is 0.562. The van der Waals surface area contributed by atoms with Crippen LogP contribution in [-0.2, 0) is 11.2 Å². The molecule has 1 aromatic rings. The first-order valence-corrected chi connectivity index (χ1v) is 7.35. The van der Waals surface area contributed by atoms with Crippen LogP contribution >= 0.6 is 0 Å². The van der Waals surface area contributed by atoms with Gasteiger partial charge in [-0.25, -0.2) is 0 Å². The molecule has 0 spiro atoms. The number of nitrogens with zero attached hydrogens (tertiary/aromatic N) is 2. The summed E-state index contributed by atoms with van der Waals surface area (Å²) in [5, 5.41) is 0. The number of piperidine rings is 1. The maximum absolute atomic E-state index is 12.3. The Morgan fingerprint density at radius 1 is 1.40 bits per heavy atom. The maximum atomic E-state index is 12.3. The molecule has 2 N–H and O–H groups in total. The first-order valence-electron chi connectivity index (χ1n) is 7.35. The zero-order valence-electron chi connectivity index (χ0n) is 12.5. The number of amides is 1. The van der Waals surface area contributed by atoms with E-state index in [0.29, 0.717) is 12.5 Å². The van der Waals surface area contributed by atoms with Gasteiger partial charge in [0.05, 0.1) is 0 Å². The Labute approximate surface area is 121 Å². The zero-order valence-corrected chi connectivity index (χ0v) is 12.5. The predicted octanol–water partition coefficient (Wildman–Crippen LogP) is 1.75. The molecule has 0 aliphatic carbocycles. The van der Waals surface area contributed by atoms with Gasteiger partial charge in [0, 0.05) is 31.2 Å². The van der Waals surface area contributed by atoms with Gasteiger partial charge in [-0.1, -0.05) is 18.2 Å². The summed E-state index contributed by atoms with van der Waals surface area (Å²) < 4.78 is 0. The number of likely N-dealkylation sites (N-methyl/N-ethyl adjacent to an activating group) is 1. The largest absolute Gasteiger partial charge is 0.399 e. The number of benzene rings is 1. The lowest BCUT2D eigenvalue weighted by Gasteiger charge is -2.36. The third kappa shape index (κ3) is 3.73. The number of carbonyl (C=O) groups is 1. The summed E-state index contributed by atoms with van der Waals surface area (Å²) in [4.78, 5) is 16.5. The summed E-state index contributed by atoms with van der Waals surface area (Å²) in [6.07, 6.45) is 3.56. The molecule has 0 radical (unpaired) electrons. The number of nitrogen functional groups attached to an aromatic ring is 1. The van der Waals surface area contributed by atoms with Gasteiger partial charge >= 0.3 is 0 Å². The van der Waals surface area contributed by atoms with E-state index in [9.17, 15) is 4.79 Å². The zero-order chi connectivity index (χ0) is 14.5. The van der Waals surface area contributed by atoms with Gasteiger partial charge in [-0.2, -0.15) is 0 Å². The van der Waals surface area contributed by atoms with E-state index in [4.69, 9.17) is 5.73 Å². The number of para-hydroxylation sites is 1. The lowest BCUT2D eigenvalue weighted by Crippen LogP contribution is -2.47. The Balaban J connectivity index is 1.87. The lowest BCUT2D eigenvalue weighted by atomic mass is 10.0. The molecule has 4 nitrogen and oxygen atoms in total. The lowest BCUT2D eigenvalue weighted by molar-refractivity contribution is -0.133. The highest BCUT2D eigenvalue weighted by atomic mass is 16.2. The molecule has 0 saturated carbocycles. The first-order chi connectivity index (χ1) is 9.58. The standard InChI is InChI=1S/C16H25N3O/c1-18(2)14-7-5-11-19(12-14)16(20)10-9-13-6-3-4-8-15(13)17/h3-4,6,8,14H,5,7,9-12,17H2,1-2H3. The van der Waals surface area contributed by atoms with Crippen LogP contribution in [0.5, 0.6) is 0 Å². The fourth-order valence-electron chi connectivity index (χ4n) is 2.76. The van der Waals surface area contributed by atoms with Crippen molar-refractivity contribution in [3.8, 4) is 0 Å². The van der Waals surface area contributed by atoms with E-state index in [1.54, 1.807) is 0 Å². The molecule has 20 heavy (non-hydrogen) atoms.